The first kappa shape index (κ1) is 19.5. The molecule has 3 rings (SSSR count). The minimum absolute atomic E-state index is 0.145. The molecule has 3 aromatic rings. The van der Waals surface area contributed by atoms with Crippen LogP contribution in [0.5, 0.6) is 11.5 Å². The van der Waals surface area contributed by atoms with Crippen molar-refractivity contribution in [3.63, 3.8) is 0 Å². The van der Waals surface area contributed by atoms with E-state index in [1.165, 1.54) is 25.4 Å². The van der Waals surface area contributed by atoms with Gasteiger partial charge in [-0.15, -0.1) is 0 Å². The van der Waals surface area contributed by atoms with E-state index < -0.39 is 10.0 Å². The highest BCUT2D eigenvalue weighted by molar-refractivity contribution is 7.92. The molecule has 0 bridgehead atoms. The number of benzene rings is 2. The third kappa shape index (κ3) is 4.72. The highest BCUT2D eigenvalue weighted by Gasteiger charge is 2.14. The van der Waals surface area contributed by atoms with Crippen molar-refractivity contribution in [1.82, 2.24) is 4.98 Å². The van der Waals surface area contributed by atoms with Gasteiger partial charge in [-0.1, -0.05) is 18.2 Å². The number of aromatic nitrogens is 1. The van der Waals surface area contributed by atoms with E-state index in [9.17, 15) is 8.42 Å². The maximum absolute atomic E-state index is 12.5. The van der Waals surface area contributed by atoms with Gasteiger partial charge in [0.1, 0.15) is 17.3 Å². The number of rotatable bonds is 8. The molecule has 1 heterocycles. The highest BCUT2D eigenvalue weighted by Crippen LogP contribution is 2.21. The third-order valence-electron chi connectivity index (χ3n) is 4.04. The summed E-state index contributed by atoms with van der Waals surface area (Å²) in [5.41, 5.74) is 1.37. The van der Waals surface area contributed by atoms with Crippen LogP contribution in [-0.4, -0.2) is 27.6 Å². The highest BCUT2D eigenvalue weighted by atomic mass is 32.2. The summed E-state index contributed by atoms with van der Waals surface area (Å²) in [7, 11) is -0.547. The first-order valence-electron chi connectivity index (χ1n) is 8.50. The SMILES string of the molecule is COc1ccc(S(=O)(=O)Nc2ccc(NCc3ccccc3OC)nc2)cc1. The number of sulfonamides is 1. The Labute approximate surface area is 164 Å². The molecule has 0 amide bonds. The average molecular weight is 399 g/mol. The summed E-state index contributed by atoms with van der Waals surface area (Å²) < 4.78 is 37.8. The van der Waals surface area contributed by atoms with Crippen molar-refractivity contribution in [2.75, 3.05) is 24.3 Å². The van der Waals surface area contributed by atoms with E-state index >= 15 is 0 Å². The predicted octanol–water partition coefficient (Wildman–Crippen LogP) is 3.51. The molecular formula is C20H21N3O4S. The number of anilines is 2. The minimum Gasteiger partial charge on any atom is -0.497 e. The summed E-state index contributed by atoms with van der Waals surface area (Å²) in [6.45, 7) is 0.536. The summed E-state index contributed by atoms with van der Waals surface area (Å²) in [6.07, 6.45) is 1.46. The van der Waals surface area contributed by atoms with Crippen molar-refractivity contribution in [3.8, 4) is 11.5 Å². The predicted molar refractivity (Wildman–Crippen MR) is 108 cm³/mol. The number of pyridine rings is 1. The Morgan fingerprint density at radius 1 is 0.929 bits per heavy atom. The summed E-state index contributed by atoms with van der Waals surface area (Å²) >= 11 is 0. The van der Waals surface area contributed by atoms with Gasteiger partial charge in [-0.25, -0.2) is 13.4 Å². The molecule has 28 heavy (non-hydrogen) atoms. The maximum atomic E-state index is 12.5. The van der Waals surface area contributed by atoms with Gasteiger partial charge in [0.25, 0.3) is 10.0 Å². The van der Waals surface area contributed by atoms with Crippen molar-refractivity contribution in [2.45, 2.75) is 11.4 Å². The molecule has 0 atom stereocenters. The van der Waals surface area contributed by atoms with Gasteiger partial charge >= 0.3 is 0 Å². The Morgan fingerprint density at radius 2 is 1.68 bits per heavy atom. The largest absolute Gasteiger partial charge is 0.497 e. The zero-order valence-corrected chi connectivity index (χ0v) is 16.4. The Hall–Kier alpha value is -3.26. The van der Waals surface area contributed by atoms with Gasteiger partial charge in [0, 0.05) is 12.1 Å². The molecule has 0 fully saturated rings. The smallest absolute Gasteiger partial charge is 0.261 e. The van der Waals surface area contributed by atoms with E-state index in [0.717, 1.165) is 11.3 Å². The molecule has 0 saturated heterocycles. The van der Waals surface area contributed by atoms with Crippen LogP contribution in [0.1, 0.15) is 5.56 Å². The first-order valence-corrected chi connectivity index (χ1v) is 9.99. The normalized spacial score (nSPS) is 10.9. The summed E-state index contributed by atoms with van der Waals surface area (Å²) in [4.78, 5) is 4.40. The third-order valence-corrected chi connectivity index (χ3v) is 5.44. The van der Waals surface area contributed by atoms with E-state index in [2.05, 4.69) is 15.0 Å². The number of methoxy groups -OCH3 is 2. The monoisotopic (exact) mass is 399 g/mol. The Balaban J connectivity index is 1.65. The minimum atomic E-state index is -3.70. The zero-order valence-electron chi connectivity index (χ0n) is 15.5. The standard InChI is InChI=1S/C20H21N3O4S/c1-26-17-8-10-18(11-9-17)28(24,25)23-16-7-12-20(22-14-16)21-13-15-5-3-4-6-19(15)27-2/h3-12,14,23H,13H2,1-2H3,(H,21,22). The fourth-order valence-electron chi connectivity index (χ4n) is 2.56. The first-order chi connectivity index (χ1) is 13.5. The van der Waals surface area contributed by atoms with E-state index in [0.29, 0.717) is 23.8 Å². The molecule has 8 heteroatoms. The van der Waals surface area contributed by atoms with Gasteiger partial charge in [0.15, 0.2) is 0 Å². The van der Waals surface area contributed by atoms with Crippen LogP contribution in [0.25, 0.3) is 0 Å². The molecule has 2 N–H and O–H groups in total. The lowest BCUT2D eigenvalue weighted by molar-refractivity contribution is 0.410. The summed E-state index contributed by atoms with van der Waals surface area (Å²) in [5, 5.41) is 3.19. The van der Waals surface area contributed by atoms with Crippen LogP contribution in [-0.2, 0) is 16.6 Å². The fourth-order valence-corrected chi connectivity index (χ4v) is 3.61. The van der Waals surface area contributed by atoms with Crippen LogP contribution in [0.4, 0.5) is 11.5 Å². The van der Waals surface area contributed by atoms with Gasteiger partial charge < -0.3 is 14.8 Å². The second kappa shape index (κ2) is 8.62. The lowest BCUT2D eigenvalue weighted by Gasteiger charge is -2.11. The van der Waals surface area contributed by atoms with Crippen LogP contribution < -0.4 is 19.5 Å². The van der Waals surface area contributed by atoms with Crippen LogP contribution in [0.3, 0.4) is 0 Å². The topological polar surface area (TPSA) is 89.6 Å². The van der Waals surface area contributed by atoms with Crippen LogP contribution in [0.15, 0.2) is 71.8 Å². The molecule has 0 saturated carbocycles. The molecule has 2 aromatic carbocycles. The molecule has 0 aliphatic heterocycles. The summed E-state index contributed by atoms with van der Waals surface area (Å²) in [5.74, 6) is 2.00. The Kier molecular flexibility index (Phi) is 6.00. The number of ether oxygens (including phenoxy) is 2. The molecule has 0 unspecified atom stereocenters. The van der Waals surface area contributed by atoms with Gasteiger partial charge in [0.05, 0.1) is 31.0 Å². The Morgan fingerprint density at radius 3 is 2.32 bits per heavy atom. The lowest BCUT2D eigenvalue weighted by Crippen LogP contribution is -2.13. The molecular weight excluding hydrogens is 378 g/mol. The van der Waals surface area contributed by atoms with Gasteiger partial charge in [-0.3, -0.25) is 4.72 Å². The van der Waals surface area contributed by atoms with Crippen molar-refractivity contribution < 1.29 is 17.9 Å². The molecule has 0 spiro atoms. The van der Waals surface area contributed by atoms with Crippen LogP contribution in [0.2, 0.25) is 0 Å². The molecule has 0 radical (unpaired) electrons. The van der Waals surface area contributed by atoms with Gasteiger partial charge in [-0.05, 0) is 42.5 Å². The van der Waals surface area contributed by atoms with Crippen molar-refractivity contribution in [3.05, 3.63) is 72.4 Å². The fraction of sp³-hybridized carbons (Fsp3) is 0.150. The van der Waals surface area contributed by atoms with E-state index in [1.807, 2.05) is 24.3 Å². The van der Waals surface area contributed by atoms with E-state index in [1.54, 1.807) is 31.4 Å². The van der Waals surface area contributed by atoms with Gasteiger partial charge in [-0.2, -0.15) is 0 Å². The summed E-state index contributed by atoms with van der Waals surface area (Å²) in [6, 6.07) is 17.2. The quantitative estimate of drug-likeness (QED) is 0.602. The number of hydrogen-bond donors (Lipinski definition) is 2. The molecule has 7 nitrogen and oxygen atoms in total. The van der Waals surface area contributed by atoms with E-state index in [-0.39, 0.29) is 4.90 Å². The lowest BCUT2D eigenvalue weighted by atomic mass is 10.2. The second-order valence-electron chi connectivity index (χ2n) is 5.88. The zero-order chi connectivity index (χ0) is 20.0. The number of para-hydroxylation sites is 1. The van der Waals surface area contributed by atoms with Crippen molar-refractivity contribution >= 4 is 21.5 Å². The number of nitrogens with zero attached hydrogens (tertiary/aromatic N) is 1. The van der Waals surface area contributed by atoms with Crippen LogP contribution >= 0.6 is 0 Å². The average Bonchev–Trinajstić information content (AvgIpc) is 2.73. The Bertz CT molecular complexity index is 1020. The van der Waals surface area contributed by atoms with E-state index in [4.69, 9.17) is 9.47 Å². The van der Waals surface area contributed by atoms with Crippen molar-refractivity contribution in [2.24, 2.45) is 0 Å². The second-order valence-corrected chi connectivity index (χ2v) is 7.56. The van der Waals surface area contributed by atoms with Crippen molar-refractivity contribution in [1.29, 1.82) is 0 Å². The molecule has 1 aromatic heterocycles. The molecule has 0 aliphatic carbocycles. The van der Waals surface area contributed by atoms with Gasteiger partial charge in [0.2, 0.25) is 0 Å². The maximum Gasteiger partial charge on any atom is 0.261 e. The number of hydrogen-bond acceptors (Lipinski definition) is 6. The van der Waals surface area contributed by atoms with Crippen LogP contribution in [0, 0.1) is 0 Å². The molecule has 0 aliphatic rings. The number of nitrogens with one attached hydrogen (secondary N) is 2. The molecule has 146 valence electrons.